The van der Waals surface area contributed by atoms with Gasteiger partial charge >= 0.3 is 0 Å². The molecule has 0 radical (unpaired) electrons. The average Bonchev–Trinajstić information content (AvgIpc) is 2.85. The van der Waals surface area contributed by atoms with E-state index in [1.54, 1.807) is 19.2 Å². The number of ketones is 1. The summed E-state index contributed by atoms with van der Waals surface area (Å²) in [5.41, 5.74) is 4.53. The van der Waals surface area contributed by atoms with E-state index < -0.39 is 0 Å². The lowest BCUT2D eigenvalue weighted by Crippen LogP contribution is -2.01. The molecule has 0 fully saturated rings. The SMILES string of the molecule is C=CCc1cc2cc(Oc3ccc(C(=O)c4ccc(C)cc4)cc3)c(CC=C)cc2cc1OC. The lowest BCUT2D eigenvalue weighted by molar-refractivity contribution is 0.103. The molecule has 4 aromatic carbocycles. The molecule has 170 valence electrons. The van der Waals surface area contributed by atoms with Crippen LogP contribution in [0.3, 0.4) is 0 Å². The summed E-state index contributed by atoms with van der Waals surface area (Å²) in [4.78, 5) is 12.8. The number of aryl methyl sites for hydroxylation is 1. The first-order valence-electron chi connectivity index (χ1n) is 11.3. The Bertz CT molecular complexity index is 1350. The van der Waals surface area contributed by atoms with Gasteiger partial charge < -0.3 is 9.47 Å². The molecule has 0 N–H and O–H groups in total. The Hall–Kier alpha value is -4.11. The van der Waals surface area contributed by atoms with Gasteiger partial charge in [-0.3, -0.25) is 4.79 Å². The fourth-order valence-corrected chi connectivity index (χ4v) is 3.99. The molecule has 4 aromatic rings. The highest BCUT2D eigenvalue weighted by molar-refractivity contribution is 6.09. The maximum atomic E-state index is 12.8. The van der Waals surface area contributed by atoms with E-state index in [0.29, 0.717) is 23.3 Å². The third kappa shape index (κ3) is 4.94. The molecule has 0 unspecified atom stereocenters. The summed E-state index contributed by atoms with van der Waals surface area (Å²) in [5.74, 6) is 2.28. The molecule has 0 aliphatic rings. The fourth-order valence-electron chi connectivity index (χ4n) is 3.99. The summed E-state index contributed by atoms with van der Waals surface area (Å²) in [6.07, 6.45) is 5.12. The highest BCUT2D eigenvalue weighted by Crippen LogP contribution is 2.34. The molecule has 0 saturated heterocycles. The van der Waals surface area contributed by atoms with E-state index in [9.17, 15) is 4.79 Å². The molecule has 4 rings (SSSR count). The van der Waals surface area contributed by atoms with E-state index in [1.165, 1.54) is 0 Å². The van der Waals surface area contributed by atoms with Crippen LogP contribution in [0.25, 0.3) is 10.8 Å². The van der Waals surface area contributed by atoms with Crippen LogP contribution >= 0.6 is 0 Å². The monoisotopic (exact) mass is 448 g/mol. The standard InChI is InChI=1S/C31H28O3/c1-5-7-24-17-27-20-30(25(8-6-2)18-26(27)19-29(24)33-4)34-28-15-13-23(14-16-28)31(32)22-11-9-21(3)10-12-22/h5-6,9-20H,1-2,7-8H2,3-4H3. The summed E-state index contributed by atoms with van der Waals surface area (Å²) < 4.78 is 11.8. The van der Waals surface area contributed by atoms with Crippen molar-refractivity contribution in [2.45, 2.75) is 19.8 Å². The molecule has 0 aromatic heterocycles. The van der Waals surface area contributed by atoms with Crippen LogP contribution in [-0.4, -0.2) is 12.9 Å². The zero-order chi connectivity index (χ0) is 24.1. The molecule has 3 nitrogen and oxygen atoms in total. The second kappa shape index (κ2) is 10.2. The molecule has 0 atom stereocenters. The van der Waals surface area contributed by atoms with Gasteiger partial charge in [-0.25, -0.2) is 0 Å². The van der Waals surface area contributed by atoms with E-state index in [0.717, 1.165) is 45.4 Å². The Balaban J connectivity index is 1.65. The second-order valence-corrected chi connectivity index (χ2v) is 8.28. The normalized spacial score (nSPS) is 10.6. The van der Waals surface area contributed by atoms with Crippen molar-refractivity contribution in [1.82, 2.24) is 0 Å². The number of benzene rings is 4. The van der Waals surface area contributed by atoms with Crippen molar-refractivity contribution >= 4 is 16.6 Å². The summed E-state index contributed by atoms with van der Waals surface area (Å²) in [6, 6.07) is 23.2. The highest BCUT2D eigenvalue weighted by Gasteiger charge is 2.12. The number of rotatable bonds is 9. The molecular formula is C31H28O3. The molecule has 0 amide bonds. The Kier molecular flexibility index (Phi) is 6.93. The van der Waals surface area contributed by atoms with E-state index in [-0.39, 0.29) is 5.78 Å². The van der Waals surface area contributed by atoms with Gasteiger partial charge in [0.1, 0.15) is 17.2 Å². The maximum absolute atomic E-state index is 12.8. The van der Waals surface area contributed by atoms with Gasteiger partial charge in [-0.1, -0.05) is 42.0 Å². The van der Waals surface area contributed by atoms with Gasteiger partial charge in [-0.15, -0.1) is 13.2 Å². The van der Waals surface area contributed by atoms with Crippen LogP contribution in [0.5, 0.6) is 17.2 Å². The quantitative estimate of drug-likeness (QED) is 0.195. The minimum atomic E-state index is -0.00621. The number of fused-ring (bicyclic) bond motifs is 1. The lowest BCUT2D eigenvalue weighted by Gasteiger charge is -2.15. The predicted octanol–water partition coefficient (Wildman–Crippen LogP) is 7.64. The maximum Gasteiger partial charge on any atom is 0.193 e. The van der Waals surface area contributed by atoms with E-state index in [2.05, 4.69) is 31.4 Å². The first kappa shape index (κ1) is 23.1. The Labute approximate surface area is 201 Å². The minimum absolute atomic E-state index is 0.00621. The first-order valence-corrected chi connectivity index (χ1v) is 11.3. The van der Waals surface area contributed by atoms with Gasteiger partial charge in [0.2, 0.25) is 0 Å². The van der Waals surface area contributed by atoms with Crippen LogP contribution in [0.1, 0.15) is 32.6 Å². The second-order valence-electron chi connectivity index (χ2n) is 8.28. The molecule has 0 bridgehead atoms. The largest absolute Gasteiger partial charge is 0.496 e. The van der Waals surface area contributed by atoms with Crippen molar-refractivity contribution in [3.63, 3.8) is 0 Å². The van der Waals surface area contributed by atoms with Crippen LogP contribution in [0.4, 0.5) is 0 Å². The van der Waals surface area contributed by atoms with Gasteiger partial charge in [0.25, 0.3) is 0 Å². The molecule has 0 heterocycles. The van der Waals surface area contributed by atoms with Crippen LogP contribution in [-0.2, 0) is 12.8 Å². The lowest BCUT2D eigenvalue weighted by atomic mass is 9.99. The number of carbonyl (C=O) groups is 1. The van der Waals surface area contributed by atoms with Crippen LogP contribution in [0.15, 0.2) is 98.1 Å². The predicted molar refractivity (Wildman–Crippen MR) is 139 cm³/mol. The van der Waals surface area contributed by atoms with Crippen molar-refractivity contribution in [3.05, 3.63) is 126 Å². The Morgan fingerprint density at radius 3 is 1.79 bits per heavy atom. The topological polar surface area (TPSA) is 35.5 Å². The summed E-state index contributed by atoms with van der Waals surface area (Å²) in [6.45, 7) is 9.75. The zero-order valence-electron chi connectivity index (χ0n) is 19.6. The van der Waals surface area contributed by atoms with E-state index >= 15 is 0 Å². The van der Waals surface area contributed by atoms with Gasteiger partial charge in [-0.05, 0) is 90.2 Å². The van der Waals surface area contributed by atoms with Gasteiger partial charge in [0, 0.05) is 11.1 Å². The van der Waals surface area contributed by atoms with Crippen LogP contribution in [0.2, 0.25) is 0 Å². The number of methoxy groups -OCH3 is 1. The van der Waals surface area contributed by atoms with Crippen LogP contribution in [0, 0.1) is 6.92 Å². The van der Waals surface area contributed by atoms with Crippen LogP contribution < -0.4 is 9.47 Å². The molecule has 0 spiro atoms. The summed E-state index contributed by atoms with van der Waals surface area (Å²) in [5, 5.41) is 2.14. The average molecular weight is 449 g/mol. The smallest absolute Gasteiger partial charge is 0.193 e. The number of hydrogen-bond acceptors (Lipinski definition) is 3. The van der Waals surface area contributed by atoms with E-state index in [1.807, 2.05) is 61.5 Å². The van der Waals surface area contributed by atoms with Crippen molar-refractivity contribution < 1.29 is 14.3 Å². The van der Waals surface area contributed by atoms with Crippen molar-refractivity contribution in [2.75, 3.05) is 7.11 Å². The number of carbonyl (C=O) groups excluding carboxylic acids is 1. The molecule has 0 aliphatic heterocycles. The third-order valence-electron chi connectivity index (χ3n) is 5.81. The zero-order valence-corrected chi connectivity index (χ0v) is 19.6. The van der Waals surface area contributed by atoms with Crippen molar-refractivity contribution in [2.24, 2.45) is 0 Å². The summed E-state index contributed by atoms with van der Waals surface area (Å²) in [7, 11) is 1.68. The highest BCUT2D eigenvalue weighted by atomic mass is 16.5. The van der Waals surface area contributed by atoms with Crippen molar-refractivity contribution in [1.29, 1.82) is 0 Å². The summed E-state index contributed by atoms with van der Waals surface area (Å²) >= 11 is 0. The molecule has 0 saturated carbocycles. The molecule has 34 heavy (non-hydrogen) atoms. The number of allylic oxidation sites excluding steroid dienone is 2. The number of ether oxygens (including phenoxy) is 2. The van der Waals surface area contributed by atoms with Gasteiger partial charge in [0.15, 0.2) is 5.78 Å². The van der Waals surface area contributed by atoms with Gasteiger partial charge in [0.05, 0.1) is 7.11 Å². The van der Waals surface area contributed by atoms with Gasteiger partial charge in [-0.2, -0.15) is 0 Å². The minimum Gasteiger partial charge on any atom is -0.496 e. The number of hydrogen-bond donors (Lipinski definition) is 0. The third-order valence-corrected chi connectivity index (χ3v) is 5.81. The molecule has 3 heteroatoms. The first-order chi connectivity index (χ1) is 16.5. The van der Waals surface area contributed by atoms with E-state index in [4.69, 9.17) is 9.47 Å². The van der Waals surface area contributed by atoms with Crippen molar-refractivity contribution in [3.8, 4) is 17.2 Å². The Morgan fingerprint density at radius 1 is 0.765 bits per heavy atom. The Morgan fingerprint density at radius 2 is 1.26 bits per heavy atom. The molecule has 0 aliphatic carbocycles. The fraction of sp³-hybridized carbons (Fsp3) is 0.129. The molecular weight excluding hydrogens is 420 g/mol.